The molecule has 0 saturated heterocycles. The van der Waals surface area contributed by atoms with Crippen LogP contribution in [-0.4, -0.2) is 36.5 Å². The van der Waals surface area contributed by atoms with Gasteiger partial charge in [-0.2, -0.15) is 0 Å². The molecule has 0 aliphatic rings. The van der Waals surface area contributed by atoms with E-state index in [4.69, 9.17) is 4.74 Å². The fraction of sp³-hybridized carbons (Fsp3) is 0.615. The predicted molar refractivity (Wildman–Crippen MR) is 77.4 cm³/mol. The van der Waals surface area contributed by atoms with Crippen LogP contribution < -0.4 is 4.74 Å². The summed E-state index contributed by atoms with van der Waals surface area (Å²) in [5.41, 5.74) is 0.580. The number of rotatable bonds is 8. The summed E-state index contributed by atoms with van der Waals surface area (Å²) >= 11 is -1.16. The summed E-state index contributed by atoms with van der Waals surface area (Å²) in [6.45, 7) is 4.76. The highest BCUT2D eigenvalue weighted by Crippen LogP contribution is 2.19. The van der Waals surface area contributed by atoms with Gasteiger partial charge in [0.15, 0.2) is 0 Å². The lowest BCUT2D eigenvalue weighted by Crippen LogP contribution is -2.15. The molecule has 0 radical (unpaired) electrons. The van der Waals surface area contributed by atoms with E-state index >= 15 is 0 Å². The van der Waals surface area contributed by atoms with Crippen molar-refractivity contribution in [2.24, 2.45) is 0 Å². The van der Waals surface area contributed by atoms with E-state index in [9.17, 15) is 4.55 Å². The van der Waals surface area contributed by atoms with Gasteiger partial charge in [0.2, 0.25) is 5.65 Å². The largest absolute Gasteiger partial charge is 0.609 e. The van der Waals surface area contributed by atoms with Gasteiger partial charge >= 0.3 is 5.16 Å². The van der Waals surface area contributed by atoms with Crippen LogP contribution in [0.4, 0.5) is 0 Å². The Bertz CT molecular complexity index is 546. The minimum atomic E-state index is -1.16. The van der Waals surface area contributed by atoms with Gasteiger partial charge in [-0.3, -0.25) is 0 Å². The smallest absolute Gasteiger partial charge is 0.347 e. The molecule has 0 aromatic carbocycles. The Morgan fingerprint density at radius 1 is 1.25 bits per heavy atom. The van der Waals surface area contributed by atoms with Gasteiger partial charge in [0.1, 0.15) is 5.75 Å². The van der Waals surface area contributed by atoms with Crippen molar-refractivity contribution < 1.29 is 9.29 Å². The van der Waals surface area contributed by atoms with Crippen LogP contribution in [0.25, 0.3) is 5.65 Å². The summed E-state index contributed by atoms with van der Waals surface area (Å²) in [5.74, 6) is 0.994. The van der Waals surface area contributed by atoms with Crippen LogP contribution in [0.5, 0.6) is 5.88 Å². The first-order valence-corrected chi connectivity index (χ1v) is 8.30. The number of ether oxygens (including phenoxy) is 1. The van der Waals surface area contributed by atoms with Crippen LogP contribution in [-0.2, 0) is 11.2 Å². The van der Waals surface area contributed by atoms with Crippen LogP contribution in [0, 0.1) is 0 Å². The monoisotopic (exact) mass is 296 g/mol. The van der Waals surface area contributed by atoms with Crippen molar-refractivity contribution in [1.29, 1.82) is 0 Å². The lowest BCUT2D eigenvalue weighted by Gasteiger charge is -2.11. The molecule has 0 bridgehead atoms. The van der Waals surface area contributed by atoms with Gasteiger partial charge in [-0.1, -0.05) is 31.8 Å². The topological polar surface area (TPSA) is 75.4 Å². The Morgan fingerprint density at radius 3 is 2.80 bits per heavy atom. The van der Waals surface area contributed by atoms with E-state index in [0.717, 1.165) is 25.7 Å². The van der Waals surface area contributed by atoms with Gasteiger partial charge in [0.25, 0.3) is 5.88 Å². The molecular formula is C13H20N4O2S. The number of fused-ring (bicyclic) bond motifs is 1. The second kappa shape index (κ2) is 7.44. The second-order valence-corrected chi connectivity index (χ2v) is 5.98. The van der Waals surface area contributed by atoms with Gasteiger partial charge in [-0.05, 0) is 12.8 Å². The zero-order chi connectivity index (χ0) is 14.4. The summed E-state index contributed by atoms with van der Waals surface area (Å²) in [4.78, 5) is 4.22. The zero-order valence-corrected chi connectivity index (χ0v) is 12.7. The van der Waals surface area contributed by atoms with Gasteiger partial charge in [-0.15, -0.1) is 5.10 Å². The third kappa shape index (κ3) is 3.40. The van der Waals surface area contributed by atoms with E-state index < -0.39 is 11.2 Å². The maximum absolute atomic E-state index is 12.2. The molecule has 6 nitrogen and oxygen atoms in total. The van der Waals surface area contributed by atoms with E-state index in [1.54, 1.807) is 16.8 Å². The van der Waals surface area contributed by atoms with E-state index in [1.165, 1.54) is 0 Å². The SMILES string of the molecule is CCCCOc1nnc([S+]([O-])CCCC)n2ccnc12. The van der Waals surface area contributed by atoms with Gasteiger partial charge in [0, 0.05) is 23.6 Å². The average molecular weight is 296 g/mol. The molecule has 110 valence electrons. The Morgan fingerprint density at radius 2 is 2.05 bits per heavy atom. The molecule has 20 heavy (non-hydrogen) atoms. The van der Waals surface area contributed by atoms with Gasteiger partial charge in [-0.25, -0.2) is 9.38 Å². The minimum absolute atomic E-state index is 0.402. The van der Waals surface area contributed by atoms with Crippen LogP contribution in [0.1, 0.15) is 39.5 Å². The lowest BCUT2D eigenvalue weighted by atomic mass is 10.4. The number of unbranched alkanes of at least 4 members (excludes halogenated alkanes) is 2. The highest BCUT2D eigenvalue weighted by molar-refractivity contribution is 7.91. The number of hydrogen-bond acceptors (Lipinski definition) is 5. The minimum Gasteiger partial charge on any atom is -0.609 e. The lowest BCUT2D eigenvalue weighted by molar-refractivity contribution is 0.294. The Labute approximate surface area is 121 Å². The first-order valence-electron chi connectivity index (χ1n) is 6.98. The molecule has 0 saturated carbocycles. The van der Waals surface area contributed by atoms with Gasteiger partial charge in [0.05, 0.1) is 6.61 Å². The number of imidazole rings is 1. The third-order valence-corrected chi connectivity index (χ3v) is 4.23. The molecule has 0 aliphatic carbocycles. The fourth-order valence-electron chi connectivity index (χ4n) is 1.73. The van der Waals surface area contributed by atoms with Crippen molar-refractivity contribution >= 4 is 16.8 Å². The predicted octanol–water partition coefficient (Wildman–Crippen LogP) is 2.21. The van der Waals surface area contributed by atoms with Crippen molar-refractivity contribution in [3.05, 3.63) is 12.4 Å². The van der Waals surface area contributed by atoms with Crippen molar-refractivity contribution in [2.75, 3.05) is 12.4 Å². The summed E-state index contributed by atoms with van der Waals surface area (Å²) in [7, 11) is 0. The molecule has 2 heterocycles. The second-order valence-electron chi connectivity index (χ2n) is 4.51. The molecule has 0 aliphatic heterocycles. The van der Waals surface area contributed by atoms with E-state index in [-0.39, 0.29) is 0 Å². The molecule has 7 heteroatoms. The molecule has 1 atom stereocenters. The van der Waals surface area contributed by atoms with Gasteiger partial charge < -0.3 is 9.29 Å². The Kier molecular flexibility index (Phi) is 5.60. The average Bonchev–Trinajstić information content (AvgIpc) is 2.94. The number of hydrogen-bond donors (Lipinski definition) is 0. The first kappa shape index (κ1) is 15.1. The molecule has 0 N–H and O–H groups in total. The number of aromatic nitrogens is 4. The molecule has 1 unspecified atom stereocenters. The molecule has 2 aromatic rings. The maximum atomic E-state index is 12.2. The summed E-state index contributed by atoms with van der Waals surface area (Å²) in [6.07, 6.45) is 7.31. The van der Waals surface area contributed by atoms with Crippen molar-refractivity contribution in [3.63, 3.8) is 0 Å². The summed E-state index contributed by atoms with van der Waals surface area (Å²) in [6, 6.07) is 0. The summed E-state index contributed by atoms with van der Waals surface area (Å²) < 4.78 is 19.5. The third-order valence-electron chi connectivity index (χ3n) is 2.89. The first-order chi connectivity index (χ1) is 9.77. The van der Waals surface area contributed by atoms with Crippen LogP contribution in [0.15, 0.2) is 17.6 Å². The molecule has 2 rings (SSSR count). The zero-order valence-electron chi connectivity index (χ0n) is 11.9. The van der Waals surface area contributed by atoms with Crippen molar-refractivity contribution in [2.45, 2.75) is 44.7 Å². The van der Waals surface area contributed by atoms with Crippen LogP contribution in [0.3, 0.4) is 0 Å². The Balaban J connectivity index is 2.21. The quantitative estimate of drug-likeness (QED) is 0.551. The standard InChI is InChI=1S/C13H20N4O2S/c1-3-5-9-19-12-11-14-7-8-17(11)13(16-15-12)20(18)10-6-4-2/h7-8H,3-6,9-10H2,1-2H3. The van der Waals surface area contributed by atoms with Crippen LogP contribution in [0.2, 0.25) is 0 Å². The van der Waals surface area contributed by atoms with Crippen LogP contribution >= 0.6 is 0 Å². The van der Waals surface area contributed by atoms with Crippen molar-refractivity contribution in [3.8, 4) is 5.88 Å². The van der Waals surface area contributed by atoms with E-state index in [0.29, 0.717) is 29.0 Å². The van der Waals surface area contributed by atoms with E-state index in [1.807, 2.05) is 0 Å². The highest BCUT2D eigenvalue weighted by Gasteiger charge is 2.20. The Hall–Kier alpha value is -1.34. The molecular weight excluding hydrogens is 276 g/mol. The fourth-order valence-corrected chi connectivity index (χ4v) is 2.96. The number of nitrogens with zero attached hydrogens (tertiary/aromatic N) is 4. The molecule has 0 fully saturated rings. The normalized spacial score (nSPS) is 12.8. The van der Waals surface area contributed by atoms with E-state index in [2.05, 4.69) is 29.0 Å². The maximum Gasteiger partial charge on any atom is 0.347 e. The van der Waals surface area contributed by atoms with Crippen molar-refractivity contribution in [1.82, 2.24) is 19.6 Å². The molecule has 0 spiro atoms. The molecule has 0 amide bonds. The summed E-state index contributed by atoms with van der Waals surface area (Å²) in [5, 5.41) is 8.53. The highest BCUT2D eigenvalue weighted by atomic mass is 32.2. The molecule has 2 aromatic heterocycles.